The number of nitrogens with one attached hydrogen (secondary N) is 2. The van der Waals surface area contributed by atoms with Crippen LogP contribution >= 0.6 is 23.5 Å². The summed E-state index contributed by atoms with van der Waals surface area (Å²) in [7, 11) is 1.60. The quantitative estimate of drug-likeness (QED) is 0.760. The van der Waals surface area contributed by atoms with Gasteiger partial charge in [-0.05, 0) is 41.5 Å². The summed E-state index contributed by atoms with van der Waals surface area (Å²) in [5.74, 6) is 2.04. The van der Waals surface area contributed by atoms with Gasteiger partial charge in [0.05, 0.1) is 4.58 Å². The van der Waals surface area contributed by atoms with E-state index in [0.29, 0.717) is 10.1 Å². The van der Waals surface area contributed by atoms with Gasteiger partial charge < -0.3 is 10.6 Å². The van der Waals surface area contributed by atoms with E-state index in [4.69, 9.17) is 0 Å². The van der Waals surface area contributed by atoms with Crippen molar-refractivity contribution in [2.75, 3.05) is 23.9 Å². The lowest BCUT2D eigenvalue weighted by molar-refractivity contribution is -0.111. The fourth-order valence-electron chi connectivity index (χ4n) is 2.56. The first-order valence-electron chi connectivity index (χ1n) is 8.30. The number of hydrogen-bond donors (Lipinski definition) is 2. The second kappa shape index (κ2) is 8.96. The van der Waals surface area contributed by atoms with Gasteiger partial charge in [-0.15, -0.1) is 23.5 Å². The highest BCUT2D eigenvalue weighted by Crippen LogP contribution is 2.45. The topological polar surface area (TPSA) is 58.2 Å². The van der Waals surface area contributed by atoms with Crippen molar-refractivity contribution < 1.29 is 9.59 Å². The molecule has 1 aliphatic rings. The molecule has 2 amide bonds. The molecular formula is C20H20N2O2S2. The number of hydrogen-bond acceptors (Lipinski definition) is 4. The Morgan fingerprint density at radius 3 is 2.50 bits per heavy atom. The number of benzene rings is 2. The average Bonchev–Trinajstić information content (AvgIpc) is 3.21. The van der Waals surface area contributed by atoms with Gasteiger partial charge in [0, 0.05) is 35.9 Å². The Labute approximate surface area is 161 Å². The van der Waals surface area contributed by atoms with Gasteiger partial charge in [-0.25, -0.2) is 0 Å². The largest absolute Gasteiger partial charge is 0.355 e. The molecule has 1 heterocycles. The van der Waals surface area contributed by atoms with E-state index in [-0.39, 0.29) is 11.8 Å². The number of thioether (sulfide) groups is 2. The molecule has 0 radical (unpaired) electrons. The summed E-state index contributed by atoms with van der Waals surface area (Å²) in [5, 5.41) is 5.49. The molecule has 4 nitrogen and oxygen atoms in total. The molecule has 134 valence electrons. The fourth-order valence-corrected chi connectivity index (χ4v) is 5.40. The average molecular weight is 385 g/mol. The van der Waals surface area contributed by atoms with Crippen LogP contribution in [0.1, 0.15) is 26.1 Å². The molecule has 0 aliphatic carbocycles. The highest BCUT2D eigenvalue weighted by atomic mass is 32.2. The zero-order valence-electron chi connectivity index (χ0n) is 14.4. The van der Waals surface area contributed by atoms with Crippen LogP contribution in [0.3, 0.4) is 0 Å². The Morgan fingerprint density at radius 1 is 1.08 bits per heavy atom. The highest BCUT2D eigenvalue weighted by Gasteiger charge is 2.18. The molecular weight excluding hydrogens is 364 g/mol. The summed E-state index contributed by atoms with van der Waals surface area (Å²) in [6, 6.07) is 15.1. The third-order valence-corrected chi connectivity index (χ3v) is 6.98. The molecule has 2 aromatic carbocycles. The van der Waals surface area contributed by atoms with E-state index >= 15 is 0 Å². The summed E-state index contributed by atoms with van der Waals surface area (Å²) >= 11 is 3.89. The van der Waals surface area contributed by atoms with Crippen LogP contribution < -0.4 is 10.6 Å². The first-order valence-corrected chi connectivity index (χ1v) is 10.4. The highest BCUT2D eigenvalue weighted by molar-refractivity contribution is 8.19. The van der Waals surface area contributed by atoms with Crippen molar-refractivity contribution in [2.45, 2.75) is 4.58 Å². The number of rotatable bonds is 5. The van der Waals surface area contributed by atoms with Crippen molar-refractivity contribution in [1.29, 1.82) is 0 Å². The second-order valence-corrected chi connectivity index (χ2v) is 8.45. The number of amides is 2. The molecule has 1 fully saturated rings. The monoisotopic (exact) mass is 384 g/mol. The van der Waals surface area contributed by atoms with E-state index in [2.05, 4.69) is 16.7 Å². The summed E-state index contributed by atoms with van der Waals surface area (Å²) in [6.45, 7) is 0. The molecule has 1 saturated heterocycles. The molecule has 0 bridgehead atoms. The minimum Gasteiger partial charge on any atom is -0.355 e. The molecule has 3 rings (SSSR count). The Bertz CT molecular complexity index is 813. The molecule has 0 atom stereocenters. The van der Waals surface area contributed by atoms with Gasteiger partial charge in [0.2, 0.25) is 5.91 Å². The predicted octanol–water partition coefficient (Wildman–Crippen LogP) is 4.18. The SMILES string of the molecule is CNC(=O)c1ccc(/C=C/C(=O)Nc2cccc(C3SCCS3)c2)cc1. The lowest BCUT2D eigenvalue weighted by Crippen LogP contribution is -2.17. The van der Waals surface area contributed by atoms with Crippen molar-refractivity contribution in [3.05, 3.63) is 71.3 Å². The number of carbonyl (C=O) groups excluding carboxylic acids is 2. The van der Waals surface area contributed by atoms with Gasteiger partial charge in [-0.1, -0.05) is 24.3 Å². The van der Waals surface area contributed by atoms with E-state index in [1.54, 1.807) is 25.3 Å². The summed E-state index contributed by atoms with van der Waals surface area (Å²) < 4.78 is 0.459. The van der Waals surface area contributed by atoms with E-state index < -0.39 is 0 Å². The summed E-state index contributed by atoms with van der Waals surface area (Å²) in [5.41, 5.74) is 3.50. The zero-order valence-corrected chi connectivity index (χ0v) is 16.0. The molecule has 0 saturated carbocycles. The van der Waals surface area contributed by atoms with Crippen molar-refractivity contribution in [3.63, 3.8) is 0 Å². The number of carbonyl (C=O) groups is 2. The standard InChI is InChI=1S/C20H20N2O2S2/c1-21-19(24)15-8-5-14(6-9-15)7-10-18(23)22-17-4-2-3-16(13-17)20-25-11-12-26-20/h2-10,13,20H,11-12H2,1H3,(H,21,24)(H,22,23)/b10-7+. The summed E-state index contributed by atoms with van der Waals surface area (Å²) in [6.07, 6.45) is 3.23. The predicted molar refractivity (Wildman–Crippen MR) is 112 cm³/mol. The fraction of sp³-hybridized carbons (Fsp3) is 0.200. The first-order chi connectivity index (χ1) is 12.7. The van der Waals surface area contributed by atoms with Crippen LogP contribution in [0.25, 0.3) is 6.08 Å². The molecule has 26 heavy (non-hydrogen) atoms. The summed E-state index contributed by atoms with van der Waals surface area (Å²) in [4.78, 5) is 23.7. The van der Waals surface area contributed by atoms with E-state index in [1.807, 2.05) is 53.9 Å². The Morgan fingerprint density at radius 2 is 1.81 bits per heavy atom. The van der Waals surface area contributed by atoms with E-state index in [9.17, 15) is 9.59 Å². The van der Waals surface area contributed by atoms with Crippen LogP contribution in [0.5, 0.6) is 0 Å². The van der Waals surface area contributed by atoms with Gasteiger partial charge in [0.15, 0.2) is 0 Å². The number of anilines is 1. The molecule has 0 spiro atoms. The second-order valence-electron chi connectivity index (χ2n) is 5.72. The Hall–Kier alpha value is -2.18. The van der Waals surface area contributed by atoms with Gasteiger partial charge in [0.25, 0.3) is 5.91 Å². The minimum atomic E-state index is -0.177. The van der Waals surface area contributed by atoms with Crippen LogP contribution in [0, 0.1) is 0 Å². The van der Waals surface area contributed by atoms with E-state index in [1.165, 1.54) is 23.1 Å². The molecule has 0 aromatic heterocycles. The molecule has 6 heteroatoms. The van der Waals surface area contributed by atoms with Gasteiger partial charge in [0.1, 0.15) is 0 Å². The molecule has 0 unspecified atom stereocenters. The zero-order chi connectivity index (χ0) is 18.4. The van der Waals surface area contributed by atoms with Crippen molar-refractivity contribution >= 4 is 47.1 Å². The third-order valence-electron chi connectivity index (χ3n) is 3.88. The Balaban J connectivity index is 1.60. The third kappa shape index (κ3) is 4.93. The molecule has 2 aromatic rings. The molecule has 1 aliphatic heterocycles. The minimum absolute atomic E-state index is 0.128. The van der Waals surface area contributed by atoms with Gasteiger partial charge >= 0.3 is 0 Å². The maximum absolute atomic E-state index is 12.2. The van der Waals surface area contributed by atoms with Crippen LogP contribution in [0.15, 0.2) is 54.6 Å². The lowest BCUT2D eigenvalue weighted by Gasteiger charge is -2.10. The first kappa shape index (κ1) is 18.6. The van der Waals surface area contributed by atoms with E-state index in [0.717, 1.165) is 11.3 Å². The smallest absolute Gasteiger partial charge is 0.251 e. The maximum atomic E-state index is 12.2. The van der Waals surface area contributed by atoms with Crippen molar-refractivity contribution in [3.8, 4) is 0 Å². The Kier molecular flexibility index (Phi) is 6.41. The lowest BCUT2D eigenvalue weighted by atomic mass is 10.1. The van der Waals surface area contributed by atoms with Crippen LogP contribution in [0.4, 0.5) is 5.69 Å². The van der Waals surface area contributed by atoms with Gasteiger partial charge in [-0.3, -0.25) is 9.59 Å². The van der Waals surface area contributed by atoms with Crippen molar-refractivity contribution in [2.24, 2.45) is 0 Å². The van der Waals surface area contributed by atoms with Crippen LogP contribution in [0.2, 0.25) is 0 Å². The normalized spacial score (nSPS) is 14.5. The van der Waals surface area contributed by atoms with Crippen LogP contribution in [-0.2, 0) is 4.79 Å². The maximum Gasteiger partial charge on any atom is 0.251 e. The van der Waals surface area contributed by atoms with Crippen molar-refractivity contribution in [1.82, 2.24) is 5.32 Å². The van der Waals surface area contributed by atoms with Gasteiger partial charge in [-0.2, -0.15) is 0 Å². The molecule has 2 N–H and O–H groups in total. The van der Waals surface area contributed by atoms with Crippen LogP contribution in [-0.4, -0.2) is 30.4 Å².